The van der Waals surface area contributed by atoms with E-state index in [1.807, 2.05) is 115 Å². The Kier molecular flexibility index (Phi) is 25.9. The first kappa shape index (κ1) is 85.5. The Balaban J connectivity index is 0.000000145. The van der Waals surface area contributed by atoms with Gasteiger partial charge in [-0.05, 0) is 169 Å². The molecule has 6 aliphatic heterocycles. The van der Waals surface area contributed by atoms with Crippen molar-refractivity contribution in [3.63, 3.8) is 0 Å². The molecule has 31 heteroatoms. The molecule has 0 saturated carbocycles. The Morgan fingerprint density at radius 3 is 1.16 bits per heavy atom. The molecule has 0 bridgehead atoms. The number of nitrogens with zero attached hydrogens (tertiary/aromatic N) is 6. The van der Waals surface area contributed by atoms with Gasteiger partial charge in [0.1, 0.15) is 22.2 Å². The first-order chi connectivity index (χ1) is 56.5. The number of phenolic OH excluding ortho intramolecular Hbond substituents is 1. The molecule has 1 N–H and O–H groups in total. The molecule has 24 nitrogen and oxygen atoms in total. The van der Waals surface area contributed by atoms with Crippen LogP contribution in [0.5, 0.6) is 5.75 Å². The van der Waals surface area contributed by atoms with Crippen molar-refractivity contribution in [1.82, 2.24) is 12.9 Å². The molecule has 3 atom stereocenters. The molecule has 118 heavy (non-hydrogen) atoms. The number of benzene rings is 9. The Hall–Kier alpha value is -8.92. The Bertz CT molecular complexity index is 6100. The summed E-state index contributed by atoms with van der Waals surface area (Å²) in [6, 6.07) is 43.2. The minimum absolute atomic E-state index is 0.000207. The highest BCUT2D eigenvalue weighted by Gasteiger charge is 2.40. The molecule has 10 aromatic rings. The van der Waals surface area contributed by atoms with E-state index in [4.69, 9.17) is 37.4 Å². The van der Waals surface area contributed by atoms with E-state index in [1.165, 1.54) is 48.5 Å². The van der Waals surface area contributed by atoms with Gasteiger partial charge in [-0.1, -0.05) is 96.0 Å². The number of Topliss-reactive ketones (excluding diaryl/α,β-unsaturated/α-hetero) is 3. The summed E-state index contributed by atoms with van der Waals surface area (Å²) < 4.78 is 124. The molecule has 0 aliphatic carbocycles. The fourth-order valence-corrected chi connectivity index (χ4v) is 24.3. The molecule has 9 aromatic carbocycles. The molecule has 3 fully saturated rings. The number of anilines is 3. The number of piperidine rings is 3. The average Bonchev–Trinajstić information content (AvgIpc) is 1.59. The summed E-state index contributed by atoms with van der Waals surface area (Å²) in [7, 11) is -10.1. The molecule has 6 aliphatic rings. The first-order valence-corrected chi connectivity index (χ1v) is 47.0. The van der Waals surface area contributed by atoms with Crippen molar-refractivity contribution in [2.75, 3.05) is 121 Å². The minimum atomic E-state index is -3.97. The topological polar surface area (TPSA) is 306 Å². The van der Waals surface area contributed by atoms with E-state index in [-0.39, 0.29) is 117 Å². The van der Waals surface area contributed by atoms with Crippen molar-refractivity contribution in [3.8, 4) is 5.75 Å². The van der Waals surface area contributed by atoms with Crippen molar-refractivity contribution < 1.29 is 81.8 Å². The highest BCUT2D eigenvalue weighted by Crippen LogP contribution is 2.45. The largest absolute Gasteiger partial charge is 0.505 e. The predicted octanol–water partition coefficient (Wildman–Crippen LogP) is 13.8. The van der Waals surface area contributed by atoms with Gasteiger partial charge in [0.25, 0.3) is 17.7 Å². The van der Waals surface area contributed by atoms with Gasteiger partial charge < -0.3 is 34.0 Å². The van der Waals surface area contributed by atoms with Crippen molar-refractivity contribution in [2.24, 2.45) is 17.8 Å². The first-order valence-electron chi connectivity index (χ1n) is 39.1. The number of rotatable bonds is 28. The number of hydrogen-bond donors (Lipinski definition) is 1. The van der Waals surface area contributed by atoms with E-state index in [9.17, 15) is 67.5 Å². The van der Waals surface area contributed by atoms with Gasteiger partial charge in [0.15, 0.2) is 15.6 Å². The van der Waals surface area contributed by atoms with Crippen LogP contribution in [-0.2, 0) is 87.8 Å². The number of methoxy groups -OCH3 is 3. The average molecular weight is 1740 g/mol. The number of aromatic hydroxyl groups is 1. The summed E-state index contributed by atoms with van der Waals surface area (Å²) in [6.45, 7) is 4.62. The van der Waals surface area contributed by atoms with Crippen LogP contribution in [0.15, 0.2) is 177 Å². The van der Waals surface area contributed by atoms with Crippen LogP contribution < -0.4 is 14.7 Å². The normalized spacial score (nSPS) is 17.9. The monoisotopic (exact) mass is 1740 g/mol. The zero-order chi connectivity index (χ0) is 83.7. The zero-order valence-electron chi connectivity index (χ0n) is 65.6. The van der Waals surface area contributed by atoms with E-state index in [1.54, 1.807) is 41.4 Å². The van der Waals surface area contributed by atoms with Crippen LogP contribution in [0.25, 0.3) is 42.4 Å². The van der Waals surface area contributed by atoms with Gasteiger partial charge in [-0.25, -0.2) is 33.7 Å². The van der Waals surface area contributed by atoms with E-state index < -0.39 is 51.7 Å². The molecule has 0 spiro atoms. The summed E-state index contributed by atoms with van der Waals surface area (Å²) in [4.78, 5) is 85.4. The van der Waals surface area contributed by atoms with E-state index in [2.05, 4.69) is 0 Å². The Labute approximate surface area is 700 Å². The third kappa shape index (κ3) is 17.1. The molecule has 620 valence electrons. The van der Waals surface area contributed by atoms with Crippen LogP contribution in [0.4, 0.5) is 17.1 Å². The van der Waals surface area contributed by atoms with Crippen molar-refractivity contribution >= 4 is 169 Å². The van der Waals surface area contributed by atoms with Crippen LogP contribution in [0.3, 0.4) is 0 Å². The van der Waals surface area contributed by atoms with Crippen LogP contribution in [-0.4, -0.2) is 193 Å². The van der Waals surface area contributed by atoms with Gasteiger partial charge in [-0.3, -0.25) is 28.8 Å². The van der Waals surface area contributed by atoms with Crippen molar-refractivity contribution in [2.45, 2.75) is 96.6 Å². The van der Waals surface area contributed by atoms with Gasteiger partial charge in [-0.2, -0.15) is 12.9 Å². The minimum Gasteiger partial charge on any atom is -0.505 e. The second kappa shape index (κ2) is 35.8. The maximum Gasteiger partial charge on any atom is 0.258 e. The lowest BCUT2D eigenvalue weighted by Crippen LogP contribution is -2.42. The smallest absolute Gasteiger partial charge is 0.258 e. The molecule has 16 rings (SSSR count). The molecule has 7 heterocycles. The molecular formula is C87H90Cl2N6O18S5. The van der Waals surface area contributed by atoms with Gasteiger partial charge in [0, 0.05) is 192 Å². The van der Waals surface area contributed by atoms with Crippen LogP contribution in [0, 0.1) is 17.8 Å². The summed E-state index contributed by atoms with van der Waals surface area (Å²) in [5, 5.41) is 17.1. The summed E-state index contributed by atoms with van der Waals surface area (Å²) in [6.07, 6.45) is 7.26. The number of amides is 3. The number of ketones is 3. The lowest BCUT2D eigenvalue weighted by Gasteiger charge is -2.31. The van der Waals surface area contributed by atoms with Gasteiger partial charge in [0.2, 0.25) is 30.1 Å². The van der Waals surface area contributed by atoms with Gasteiger partial charge in [0.05, 0.1) is 41.8 Å². The van der Waals surface area contributed by atoms with Gasteiger partial charge in [-0.15, -0.1) is 11.3 Å². The number of sulfonamides is 3. The lowest BCUT2D eigenvalue weighted by atomic mass is 9.89. The van der Waals surface area contributed by atoms with E-state index in [0.29, 0.717) is 125 Å². The number of fused-ring (bicyclic) bond motifs is 1. The Morgan fingerprint density at radius 2 is 0.788 bits per heavy atom. The fraction of sp³-hybridized carbons (Fsp3) is 0.356. The number of carbonyl (C=O) groups is 6. The second-order valence-electron chi connectivity index (χ2n) is 30.4. The van der Waals surface area contributed by atoms with Crippen LogP contribution >= 0.6 is 34.5 Å². The molecule has 3 saturated heterocycles. The SMILES string of the molecule is COCCCN1C(=O)c2cccc3c(CC(=O)C4CCCN(S(=O)(=O)c5cc(Cl)c(O)c(Cl)c5)C4)ccc1c23.COCCCN1C(=O)c2cccc3c(CC(=O)C4CCCN(S(=O)(=O)c5ccc(S(C)(=O)=O)cc5)C4)ccc1c23.COCCCN1C(=O)c2cccc3c(CC(=O)C4CCCN(S(=O)(=O)c5csc6ccccc56)C4)ccc1c23. The van der Waals surface area contributed by atoms with E-state index >= 15 is 0 Å². The molecule has 3 unspecified atom stereocenters. The lowest BCUT2D eigenvalue weighted by molar-refractivity contribution is -0.124. The number of thiophene rings is 1. The standard InChI is InChI=1S/C30H30N2O5S2.C29H32N2O7S2.C28H28Cl2N2O6S/c1-37-16-6-15-32-25-13-12-20(22-9-4-10-24(29(22)25)30(32)34)17-26(33)21-7-5-14-31(18-21)39(35,36)28-19-38-27-11-3-2-8-23(27)28;1-38-17-5-16-31-26-14-9-20(24-7-3-8-25(28(24)26)29(31)33)18-27(32)21-6-4-15-30(19-21)40(36,37)23-12-10-22(11-13-23)39(2,34)35;1-38-12-4-11-32-24-9-8-17(20-6-2-7-21(26(20)24)28(32)35)13-25(33)18-5-3-10-31(16-18)39(36,37)19-14-22(29)27(34)23(30)15-19/h2-4,8-13,19,21H,5-7,14-18H2,1H3;3,7-14,21H,4-6,15-19H2,1-2H3;2,6-9,14-15,18,34H,3-5,10-13,16H2,1H3. The van der Waals surface area contributed by atoms with Gasteiger partial charge >= 0.3 is 0 Å². The number of hydrogen-bond acceptors (Lipinski definition) is 19. The number of phenols is 1. The summed E-state index contributed by atoms with van der Waals surface area (Å²) in [5.41, 5.74) is 6.93. The molecule has 3 amide bonds. The predicted molar refractivity (Wildman–Crippen MR) is 456 cm³/mol. The van der Waals surface area contributed by atoms with Crippen molar-refractivity contribution in [3.05, 3.63) is 200 Å². The summed E-state index contributed by atoms with van der Waals surface area (Å²) in [5.74, 6) is -1.90. The third-order valence-corrected chi connectivity index (χ3v) is 31.5. The highest BCUT2D eigenvalue weighted by molar-refractivity contribution is 7.91. The fourth-order valence-electron chi connectivity index (χ4n) is 17.0. The molecule has 1 aromatic heterocycles. The third-order valence-electron chi connectivity index (χ3n) is 23.0. The summed E-state index contributed by atoms with van der Waals surface area (Å²) >= 11 is 13.3. The van der Waals surface area contributed by atoms with Crippen LogP contribution in [0.2, 0.25) is 10.0 Å². The quantitative estimate of drug-likeness (QED) is 0.0445. The maximum absolute atomic E-state index is 13.6. The Morgan fingerprint density at radius 1 is 0.441 bits per heavy atom. The maximum atomic E-state index is 13.6. The number of carbonyl (C=O) groups excluding carboxylic acids is 6. The number of sulfone groups is 1. The molecular weight excluding hydrogens is 1650 g/mol. The van der Waals surface area contributed by atoms with Crippen molar-refractivity contribution in [1.29, 1.82) is 0 Å². The zero-order valence-corrected chi connectivity index (χ0v) is 71.2. The van der Waals surface area contributed by atoms with Crippen LogP contribution in [0.1, 0.15) is 106 Å². The van der Waals surface area contributed by atoms with E-state index in [0.717, 1.165) is 101 Å². The molecule has 0 radical (unpaired) electrons. The number of halogens is 2. The number of ether oxygens (including phenoxy) is 3. The highest BCUT2D eigenvalue weighted by atomic mass is 35.5. The second-order valence-corrected chi connectivity index (χ2v) is 40.0.